The molecule has 1 fully saturated rings. The quantitative estimate of drug-likeness (QED) is 0.923. The Morgan fingerprint density at radius 3 is 2.48 bits per heavy atom. The molecule has 5 heteroatoms. The average Bonchev–Trinajstić information content (AvgIpc) is 2.54. The molecule has 1 aromatic heterocycles. The lowest BCUT2D eigenvalue weighted by molar-refractivity contribution is 0.259. The maximum absolute atomic E-state index is 9.48. The van der Waals surface area contributed by atoms with Gasteiger partial charge < -0.3 is 10.0 Å². The number of hydrogen-bond donors (Lipinski definition) is 1. The number of anilines is 1. The van der Waals surface area contributed by atoms with Crippen molar-refractivity contribution >= 4 is 5.95 Å². The number of phenolic OH excluding ortho intramolecular Hbond substituents is 1. The first-order valence-corrected chi connectivity index (χ1v) is 7.33. The van der Waals surface area contributed by atoms with Gasteiger partial charge in [-0.1, -0.05) is 12.1 Å². The van der Waals surface area contributed by atoms with Crippen LogP contribution in [0.5, 0.6) is 5.75 Å². The molecular formula is C16H20N4O. The Kier molecular flexibility index (Phi) is 4.31. The molecule has 1 saturated heterocycles. The van der Waals surface area contributed by atoms with Crippen LogP contribution < -0.4 is 4.90 Å². The molecule has 0 bridgehead atoms. The smallest absolute Gasteiger partial charge is 0.225 e. The average molecular weight is 284 g/mol. The standard InChI is InChI=1S/C16H20N4O/c21-15-4-1-3-14(13-15)5-8-19-9-11-20(12-10-19)16-17-6-2-7-18-16/h1-4,6-7,13,21H,5,8-12H2. The second kappa shape index (κ2) is 6.54. The summed E-state index contributed by atoms with van der Waals surface area (Å²) in [6.07, 6.45) is 4.55. The maximum Gasteiger partial charge on any atom is 0.225 e. The van der Waals surface area contributed by atoms with Crippen molar-refractivity contribution < 1.29 is 5.11 Å². The van der Waals surface area contributed by atoms with Gasteiger partial charge in [0.2, 0.25) is 5.95 Å². The number of piperazine rings is 1. The van der Waals surface area contributed by atoms with Gasteiger partial charge in [0.1, 0.15) is 5.75 Å². The number of hydrogen-bond acceptors (Lipinski definition) is 5. The first-order chi connectivity index (χ1) is 10.3. The van der Waals surface area contributed by atoms with Crippen LogP contribution in [-0.4, -0.2) is 52.7 Å². The molecule has 0 amide bonds. The molecule has 1 aliphatic rings. The predicted octanol–water partition coefficient (Wildman–Crippen LogP) is 1.55. The van der Waals surface area contributed by atoms with E-state index in [4.69, 9.17) is 0 Å². The summed E-state index contributed by atoms with van der Waals surface area (Å²) in [5.41, 5.74) is 1.18. The molecule has 1 aliphatic heterocycles. The van der Waals surface area contributed by atoms with Crippen LogP contribution in [0.4, 0.5) is 5.95 Å². The molecule has 0 spiro atoms. The molecule has 0 atom stereocenters. The molecule has 0 aliphatic carbocycles. The largest absolute Gasteiger partial charge is 0.508 e. The number of aromatic nitrogens is 2. The van der Waals surface area contributed by atoms with E-state index in [-0.39, 0.29) is 0 Å². The van der Waals surface area contributed by atoms with Crippen LogP contribution in [0.1, 0.15) is 5.56 Å². The Balaban J connectivity index is 1.48. The molecule has 110 valence electrons. The van der Waals surface area contributed by atoms with Crippen LogP contribution in [0, 0.1) is 0 Å². The summed E-state index contributed by atoms with van der Waals surface area (Å²) in [6, 6.07) is 9.36. The Morgan fingerprint density at radius 1 is 1.00 bits per heavy atom. The predicted molar refractivity (Wildman–Crippen MR) is 82.5 cm³/mol. The number of rotatable bonds is 4. The fourth-order valence-electron chi connectivity index (χ4n) is 2.63. The molecule has 21 heavy (non-hydrogen) atoms. The van der Waals surface area contributed by atoms with Gasteiger partial charge in [-0.3, -0.25) is 4.90 Å². The third kappa shape index (κ3) is 3.70. The molecule has 0 saturated carbocycles. The van der Waals surface area contributed by atoms with Crippen molar-refractivity contribution in [3.05, 3.63) is 48.3 Å². The SMILES string of the molecule is Oc1cccc(CCN2CCN(c3ncccn3)CC2)c1. The van der Waals surface area contributed by atoms with Gasteiger partial charge in [-0.05, 0) is 30.2 Å². The summed E-state index contributed by atoms with van der Waals surface area (Å²) in [4.78, 5) is 13.3. The van der Waals surface area contributed by atoms with Gasteiger partial charge >= 0.3 is 0 Å². The summed E-state index contributed by atoms with van der Waals surface area (Å²) in [7, 11) is 0. The summed E-state index contributed by atoms with van der Waals surface area (Å²) >= 11 is 0. The van der Waals surface area contributed by atoms with Gasteiger partial charge in [0.05, 0.1) is 0 Å². The van der Waals surface area contributed by atoms with Crippen LogP contribution >= 0.6 is 0 Å². The molecule has 3 rings (SSSR count). The summed E-state index contributed by atoms with van der Waals surface area (Å²) < 4.78 is 0. The van der Waals surface area contributed by atoms with Gasteiger partial charge in [0.15, 0.2) is 0 Å². The normalized spacial score (nSPS) is 16.1. The minimum absolute atomic E-state index is 0.346. The second-order valence-electron chi connectivity index (χ2n) is 5.30. The van der Waals surface area contributed by atoms with Gasteiger partial charge in [-0.25, -0.2) is 9.97 Å². The molecule has 0 unspecified atom stereocenters. The van der Waals surface area contributed by atoms with Gasteiger partial charge in [-0.15, -0.1) is 0 Å². The third-order valence-corrected chi connectivity index (χ3v) is 3.83. The van der Waals surface area contributed by atoms with Crippen molar-refractivity contribution in [3.8, 4) is 5.75 Å². The molecule has 5 nitrogen and oxygen atoms in total. The topological polar surface area (TPSA) is 52.5 Å². The number of benzene rings is 1. The van der Waals surface area contributed by atoms with Crippen molar-refractivity contribution in [1.29, 1.82) is 0 Å². The lowest BCUT2D eigenvalue weighted by Crippen LogP contribution is -2.47. The van der Waals surface area contributed by atoms with Crippen molar-refractivity contribution in [2.24, 2.45) is 0 Å². The minimum atomic E-state index is 0.346. The zero-order valence-electron chi connectivity index (χ0n) is 12.0. The molecule has 2 heterocycles. The van der Waals surface area contributed by atoms with Crippen molar-refractivity contribution in [2.75, 3.05) is 37.6 Å². The molecule has 2 aromatic rings. The molecule has 0 radical (unpaired) electrons. The van der Waals surface area contributed by atoms with E-state index in [0.717, 1.165) is 45.1 Å². The zero-order chi connectivity index (χ0) is 14.5. The maximum atomic E-state index is 9.48. The molecule has 1 N–H and O–H groups in total. The van der Waals surface area contributed by atoms with Crippen LogP contribution in [0.25, 0.3) is 0 Å². The fraction of sp³-hybridized carbons (Fsp3) is 0.375. The van der Waals surface area contributed by atoms with Crippen LogP contribution in [0.15, 0.2) is 42.7 Å². The number of aromatic hydroxyl groups is 1. The van der Waals surface area contributed by atoms with Crippen LogP contribution in [0.2, 0.25) is 0 Å². The van der Waals surface area contributed by atoms with E-state index in [9.17, 15) is 5.11 Å². The third-order valence-electron chi connectivity index (χ3n) is 3.83. The van der Waals surface area contributed by atoms with Gasteiger partial charge in [-0.2, -0.15) is 0 Å². The second-order valence-corrected chi connectivity index (χ2v) is 5.30. The molecule has 1 aromatic carbocycles. The summed E-state index contributed by atoms with van der Waals surface area (Å²) in [5, 5.41) is 9.48. The van der Waals surface area contributed by atoms with E-state index >= 15 is 0 Å². The first-order valence-electron chi connectivity index (χ1n) is 7.33. The van der Waals surface area contributed by atoms with E-state index in [2.05, 4.69) is 25.8 Å². The lowest BCUT2D eigenvalue weighted by atomic mass is 10.1. The highest BCUT2D eigenvalue weighted by atomic mass is 16.3. The molecular weight excluding hydrogens is 264 g/mol. The lowest BCUT2D eigenvalue weighted by Gasteiger charge is -2.34. The number of nitrogens with zero attached hydrogens (tertiary/aromatic N) is 4. The Bertz CT molecular complexity index is 567. The van der Waals surface area contributed by atoms with E-state index in [0.29, 0.717) is 5.75 Å². The first kappa shape index (κ1) is 13.8. The van der Waals surface area contributed by atoms with E-state index in [1.54, 1.807) is 18.5 Å². The van der Waals surface area contributed by atoms with E-state index in [1.165, 1.54) is 5.56 Å². The van der Waals surface area contributed by atoms with Gasteiger partial charge in [0, 0.05) is 45.1 Å². The summed E-state index contributed by atoms with van der Waals surface area (Å²) in [5.74, 6) is 1.17. The highest BCUT2D eigenvalue weighted by Gasteiger charge is 2.18. The van der Waals surface area contributed by atoms with E-state index < -0.39 is 0 Å². The minimum Gasteiger partial charge on any atom is -0.508 e. The highest BCUT2D eigenvalue weighted by Crippen LogP contribution is 2.13. The summed E-state index contributed by atoms with van der Waals surface area (Å²) in [6.45, 7) is 5.00. The Hall–Kier alpha value is -2.14. The van der Waals surface area contributed by atoms with Gasteiger partial charge in [0.25, 0.3) is 0 Å². The highest BCUT2D eigenvalue weighted by molar-refractivity contribution is 5.29. The number of phenols is 1. The zero-order valence-corrected chi connectivity index (χ0v) is 12.0. The van der Waals surface area contributed by atoms with Crippen LogP contribution in [0.3, 0.4) is 0 Å². The fourth-order valence-corrected chi connectivity index (χ4v) is 2.63. The van der Waals surface area contributed by atoms with Crippen LogP contribution in [-0.2, 0) is 6.42 Å². The van der Waals surface area contributed by atoms with Crippen molar-refractivity contribution in [3.63, 3.8) is 0 Å². The van der Waals surface area contributed by atoms with E-state index in [1.807, 2.05) is 18.2 Å². The Morgan fingerprint density at radius 2 is 1.76 bits per heavy atom. The Labute approximate surface area is 124 Å². The van der Waals surface area contributed by atoms with Crippen molar-refractivity contribution in [2.45, 2.75) is 6.42 Å². The van der Waals surface area contributed by atoms with Crippen molar-refractivity contribution in [1.82, 2.24) is 14.9 Å². The monoisotopic (exact) mass is 284 g/mol.